The summed E-state index contributed by atoms with van der Waals surface area (Å²) in [4.78, 5) is 27.9. The van der Waals surface area contributed by atoms with Crippen LogP contribution in [0.3, 0.4) is 0 Å². The summed E-state index contributed by atoms with van der Waals surface area (Å²) in [7, 11) is 0. The van der Waals surface area contributed by atoms with Crippen LogP contribution in [0.5, 0.6) is 0 Å². The van der Waals surface area contributed by atoms with Gasteiger partial charge in [0.2, 0.25) is 0 Å². The lowest BCUT2D eigenvalue weighted by atomic mass is 10.0. The topological polar surface area (TPSA) is 59.1 Å². The van der Waals surface area contributed by atoms with Crippen molar-refractivity contribution in [1.29, 1.82) is 0 Å². The lowest BCUT2D eigenvalue weighted by Gasteiger charge is -2.36. The number of benzene rings is 1. The van der Waals surface area contributed by atoms with Crippen molar-refractivity contribution in [1.82, 2.24) is 9.80 Å². The number of nitrogens with zero attached hydrogens (tertiary/aromatic N) is 2. The van der Waals surface area contributed by atoms with Crippen molar-refractivity contribution in [3.8, 4) is 0 Å². The van der Waals surface area contributed by atoms with Crippen LogP contribution in [0.2, 0.25) is 0 Å². The van der Waals surface area contributed by atoms with Crippen LogP contribution in [0.4, 0.5) is 9.59 Å². The zero-order chi connectivity index (χ0) is 18.0. The summed E-state index contributed by atoms with van der Waals surface area (Å²) in [5, 5.41) is 0. The molecule has 1 atom stereocenters. The molecule has 0 aliphatic carbocycles. The van der Waals surface area contributed by atoms with E-state index in [0.29, 0.717) is 19.6 Å². The Morgan fingerprint density at radius 2 is 1.80 bits per heavy atom. The van der Waals surface area contributed by atoms with Gasteiger partial charge in [-0.3, -0.25) is 0 Å². The lowest BCUT2D eigenvalue weighted by molar-refractivity contribution is 0.0168. The number of hydrogen-bond donors (Lipinski definition) is 0. The smallest absolute Gasteiger partial charge is 0.410 e. The summed E-state index contributed by atoms with van der Waals surface area (Å²) in [5.74, 6) is 0. The van der Waals surface area contributed by atoms with E-state index in [1.165, 1.54) is 0 Å². The van der Waals surface area contributed by atoms with Crippen LogP contribution in [-0.4, -0.2) is 53.3 Å². The molecular weight excluding hydrogens is 320 g/mol. The van der Waals surface area contributed by atoms with Gasteiger partial charge in [-0.2, -0.15) is 0 Å². The van der Waals surface area contributed by atoms with E-state index in [2.05, 4.69) is 0 Å². The van der Waals surface area contributed by atoms with Crippen LogP contribution in [-0.2, 0) is 9.47 Å². The predicted molar refractivity (Wildman–Crippen MR) is 93.2 cm³/mol. The van der Waals surface area contributed by atoms with Crippen molar-refractivity contribution in [3.05, 3.63) is 35.9 Å². The molecule has 2 aliphatic rings. The van der Waals surface area contributed by atoms with Crippen LogP contribution < -0.4 is 0 Å². The van der Waals surface area contributed by atoms with Crippen molar-refractivity contribution in [2.75, 3.05) is 19.6 Å². The molecule has 1 aromatic rings. The molecule has 2 fully saturated rings. The molecule has 2 saturated heterocycles. The fourth-order valence-corrected chi connectivity index (χ4v) is 3.31. The average Bonchev–Trinajstić information content (AvgIpc) is 2.96. The van der Waals surface area contributed by atoms with Gasteiger partial charge in [-0.1, -0.05) is 30.3 Å². The van der Waals surface area contributed by atoms with E-state index in [9.17, 15) is 9.59 Å². The van der Waals surface area contributed by atoms with Crippen LogP contribution in [0, 0.1) is 0 Å². The SMILES string of the molecule is CC(C)(C)OC(=O)N1CCC(N2CC(c3ccccc3)OC2=O)CC1. The molecule has 1 aromatic carbocycles. The Balaban J connectivity index is 1.55. The highest BCUT2D eigenvalue weighted by Gasteiger charge is 2.39. The maximum atomic E-state index is 12.3. The second kappa shape index (κ2) is 6.94. The summed E-state index contributed by atoms with van der Waals surface area (Å²) < 4.78 is 11.0. The first-order chi connectivity index (χ1) is 11.8. The molecule has 0 saturated carbocycles. The van der Waals surface area contributed by atoms with Gasteiger partial charge in [0.25, 0.3) is 0 Å². The first-order valence-electron chi connectivity index (χ1n) is 8.83. The molecule has 2 aliphatic heterocycles. The predicted octanol–water partition coefficient (Wildman–Crippen LogP) is 3.58. The Bertz CT molecular complexity index is 618. The maximum absolute atomic E-state index is 12.3. The number of likely N-dealkylation sites (tertiary alicyclic amines) is 1. The number of carbonyl (C=O) groups excluding carboxylic acids is 2. The zero-order valence-electron chi connectivity index (χ0n) is 15.1. The van der Waals surface area contributed by atoms with Crippen molar-refractivity contribution in [2.45, 2.75) is 51.4 Å². The summed E-state index contributed by atoms with van der Waals surface area (Å²) in [6, 6.07) is 9.92. The monoisotopic (exact) mass is 346 g/mol. The highest BCUT2D eigenvalue weighted by atomic mass is 16.6. The van der Waals surface area contributed by atoms with E-state index >= 15 is 0 Å². The van der Waals surface area contributed by atoms with Crippen molar-refractivity contribution >= 4 is 12.2 Å². The highest BCUT2D eigenvalue weighted by molar-refractivity contribution is 5.71. The third kappa shape index (κ3) is 4.24. The highest BCUT2D eigenvalue weighted by Crippen LogP contribution is 2.30. The minimum Gasteiger partial charge on any atom is -0.444 e. The second-order valence-electron chi connectivity index (χ2n) is 7.63. The van der Waals surface area contributed by atoms with E-state index in [-0.39, 0.29) is 24.3 Å². The van der Waals surface area contributed by atoms with E-state index < -0.39 is 5.60 Å². The van der Waals surface area contributed by atoms with Gasteiger partial charge in [0.05, 0.1) is 6.54 Å². The van der Waals surface area contributed by atoms with Gasteiger partial charge in [0.15, 0.2) is 0 Å². The van der Waals surface area contributed by atoms with Crippen molar-refractivity contribution < 1.29 is 19.1 Å². The van der Waals surface area contributed by atoms with Crippen molar-refractivity contribution in [2.24, 2.45) is 0 Å². The minimum atomic E-state index is -0.490. The molecule has 0 spiro atoms. The number of rotatable bonds is 2. The van der Waals surface area contributed by atoms with Gasteiger partial charge >= 0.3 is 12.2 Å². The Hall–Kier alpha value is -2.24. The fraction of sp³-hybridized carbons (Fsp3) is 0.579. The van der Waals surface area contributed by atoms with Gasteiger partial charge < -0.3 is 19.3 Å². The molecule has 1 unspecified atom stereocenters. The molecular formula is C19H26N2O4. The summed E-state index contributed by atoms with van der Waals surface area (Å²) in [6.45, 7) is 7.35. The Morgan fingerprint density at radius 1 is 1.16 bits per heavy atom. The van der Waals surface area contributed by atoms with E-state index in [1.54, 1.807) is 4.90 Å². The molecule has 6 nitrogen and oxygen atoms in total. The van der Waals surface area contributed by atoms with Crippen molar-refractivity contribution in [3.63, 3.8) is 0 Å². The first-order valence-corrected chi connectivity index (χ1v) is 8.83. The molecule has 6 heteroatoms. The third-order valence-electron chi connectivity index (χ3n) is 4.57. The van der Waals surface area contributed by atoms with Crippen LogP contribution >= 0.6 is 0 Å². The number of ether oxygens (including phenoxy) is 2. The van der Waals surface area contributed by atoms with Gasteiger partial charge in [0, 0.05) is 19.1 Å². The summed E-state index contributed by atoms with van der Waals surface area (Å²) in [6.07, 6.45) is 0.741. The van der Waals surface area contributed by atoms with Crippen LogP contribution in [0.15, 0.2) is 30.3 Å². The normalized spacial score (nSPS) is 22.0. The second-order valence-corrected chi connectivity index (χ2v) is 7.63. The standard InChI is InChI=1S/C19H26N2O4/c1-19(2,3)25-17(22)20-11-9-15(10-12-20)21-13-16(24-18(21)23)14-7-5-4-6-8-14/h4-8,15-16H,9-13H2,1-3H3. The van der Waals surface area contributed by atoms with E-state index in [1.807, 2.05) is 56.0 Å². The Kier molecular flexibility index (Phi) is 4.88. The number of amides is 2. The molecule has 0 aromatic heterocycles. The van der Waals surface area contributed by atoms with Gasteiger partial charge in [-0.15, -0.1) is 0 Å². The minimum absolute atomic E-state index is 0.111. The zero-order valence-corrected chi connectivity index (χ0v) is 15.1. The summed E-state index contributed by atoms with van der Waals surface area (Å²) in [5.41, 5.74) is 0.528. The van der Waals surface area contributed by atoms with E-state index in [4.69, 9.17) is 9.47 Å². The third-order valence-corrected chi connectivity index (χ3v) is 4.57. The Morgan fingerprint density at radius 3 is 2.40 bits per heavy atom. The number of hydrogen-bond acceptors (Lipinski definition) is 4. The van der Waals surface area contributed by atoms with Gasteiger partial charge in [0.1, 0.15) is 11.7 Å². The lowest BCUT2D eigenvalue weighted by Crippen LogP contribution is -2.48. The van der Waals surface area contributed by atoms with Crippen LogP contribution in [0.25, 0.3) is 0 Å². The maximum Gasteiger partial charge on any atom is 0.410 e. The first kappa shape index (κ1) is 17.6. The molecule has 2 heterocycles. The quantitative estimate of drug-likeness (QED) is 0.821. The molecule has 2 amide bonds. The average molecular weight is 346 g/mol. The number of cyclic esters (lactones) is 1. The molecule has 3 rings (SSSR count). The number of piperidine rings is 1. The molecule has 0 bridgehead atoms. The van der Waals surface area contributed by atoms with Crippen LogP contribution in [0.1, 0.15) is 45.3 Å². The summed E-state index contributed by atoms with van der Waals surface area (Å²) >= 11 is 0. The van der Waals surface area contributed by atoms with Gasteiger partial charge in [-0.05, 0) is 39.2 Å². The molecule has 136 valence electrons. The largest absolute Gasteiger partial charge is 0.444 e. The fourth-order valence-electron chi connectivity index (χ4n) is 3.31. The molecule has 0 N–H and O–H groups in total. The van der Waals surface area contributed by atoms with Gasteiger partial charge in [-0.25, -0.2) is 9.59 Å². The Labute approximate surface area is 148 Å². The molecule has 0 radical (unpaired) electrons. The van der Waals surface area contributed by atoms with E-state index in [0.717, 1.165) is 18.4 Å². The number of carbonyl (C=O) groups is 2. The molecule has 25 heavy (non-hydrogen) atoms.